The largest absolute Gasteiger partial charge is 0.344 e. The van der Waals surface area contributed by atoms with Crippen LogP contribution in [-0.2, 0) is 0 Å². The first-order valence-electron chi connectivity index (χ1n) is 6.52. The highest BCUT2D eigenvalue weighted by Crippen LogP contribution is 2.42. The lowest BCUT2D eigenvalue weighted by atomic mass is 9.95. The third kappa shape index (κ3) is 1.86. The molecule has 1 fully saturated rings. The molecular formula is C13H20N4. The molecule has 3 aliphatic rings. The van der Waals surface area contributed by atoms with Crippen LogP contribution in [0.3, 0.4) is 0 Å². The summed E-state index contributed by atoms with van der Waals surface area (Å²) in [7, 11) is 1.85. The van der Waals surface area contributed by atoms with Crippen LogP contribution in [0.1, 0.15) is 26.2 Å². The average Bonchev–Trinajstić information content (AvgIpc) is 3.06. The number of hydrazine groups is 1. The minimum atomic E-state index is 0.676. The first kappa shape index (κ1) is 10.8. The summed E-state index contributed by atoms with van der Waals surface area (Å²) in [5.41, 5.74) is 4.63. The van der Waals surface area contributed by atoms with Gasteiger partial charge in [0.25, 0.3) is 0 Å². The van der Waals surface area contributed by atoms with Gasteiger partial charge in [0.15, 0.2) is 0 Å². The van der Waals surface area contributed by atoms with Gasteiger partial charge in [-0.3, -0.25) is 4.99 Å². The molecule has 0 amide bonds. The third-order valence-corrected chi connectivity index (χ3v) is 3.83. The fourth-order valence-corrected chi connectivity index (χ4v) is 2.78. The van der Waals surface area contributed by atoms with E-state index in [0.29, 0.717) is 5.92 Å². The quantitative estimate of drug-likeness (QED) is 0.776. The number of hydrogen-bond acceptors (Lipinski definition) is 3. The molecule has 2 aliphatic heterocycles. The normalized spacial score (nSPS) is 27.4. The van der Waals surface area contributed by atoms with Crippen LogP contribution in [0.15, 0.2) is 28.7 Å². The van der Waals surface area contributed by atoms with E-state index < -0.39 is 0 Å². The van der Waals surface area contributed by atoms with Gasteiger partial charge in [-0.1, -0.05) is 6.92 Å². The van der Waals surface area contributed by atoms with Crippen LogP contribution >= 0.6 is 0 Å². The molecule has 0 radical (unpaired) electrons. The second-order valence-electron chi connectivity index (χ2n) is 4.95. The summed E-state index contributed by atoms with van der Waals surface area (Å²) in [4.78, 5) is 4.36. The molecule has 1 aliphatic carbocycles. The van der Waals surface area contributed by atoms with E-state index >= 15 is 0 Å². The maximum absolute atomic E-state index is 4.36. The first-order chi connectivity index (χ1) is 8.33. The number of fused-ring (bicyclic) bond motifs is 1. The number of aliphatic imine (C=N–C) groups is 1. The molecule has 3 rings (SSSR count). The summed E-state index contributed by atoms with van der Waals surface area (Å²) in [5, 5.41) is 5.59. The van der Waals surface area contributed by atoms with E-state index in [2.05, 4.69) is 34.8 Å². The van der Waals surface area contributed by atoms with E-state index in [1.165, 1.54) is 25.0 Å². The van der Waals surface area contributed by atoms with Crippen molar-refractivity contribution in [1.82, 2.24) is 15.8 Å². The molecule has 2 N–H and O–H groups in total. The van der Waals surface area contributed by atoms with Crippen LogP contribution in [0, 0.1) is 11.8 Å². The Hall–Kier alpha value is -1.29. The smallest absolute Gasteiger partial charge is 0.145 e. The maximum Gasteiger partial charge on any atom is 0.145 e. The minimum absolute atomic E-state index is 0.676. The van der Waals surface area contributed by atoms with Gasteiger partial charge < -0.3 is 5.32 Å². The van der Waals surface area contributed by atoms with Crippen molar-refractivity contribution in [2.45, 2.75) is 26.2 Å². The molecule has 1 saturated carbocycles. The summed E-state index contributed by atoms with van der Waals surface area (Å²) < 4.78 is 0. The number of nitrogens with one attached hydrogen (secondary N) is 2. The minimum Gasteiger partial charge on any atom is -0.344 e. The Balaban J connectivity index is 1.89. The van der Waals surface area contributed by atoms with Crippen LogP contribution in [-0.4, -0.2) is 24.4 Å². The summed E-state index contributed by atoms with van der Waals surface area (Å²) in [5.74, 6) is 3.72. The van der Waals surface area contributed by atoms with Crippen LogP contribution in [0.2, 0.25) is 0 Å². The van der Waals surface area contributed by atoms with Crippen molar-refractivity contribution in [3.8, 4) is 0 Å². The van der Waals surface area contributed by atoms with Crippen LogP contribution in [0.5, 0.6) is 0 Å². The predicted octanol–water partition coefficient (Wildman–Crippen LogP) is 1.60. The van der Waals surface area contributed by atoms with Crippen molar-refractivity contribution >= 4 is 5.84 Å². The molecule has 0 aromatic heterocycles. The van der Waals surface area contributed by atoms with Crippen molar-refractivity contribution in [3.63, 3.8) is 0 Å². The van der Waals surface area contributed by atoms with Gasteiger partial charge in [-0.2, -0.15) is 0 Å². The van der Waals surface area contributed by atoms with Gasteiger partial charge in [0.1, 0.15) is 11.7 Å². The number of nitrogens with zero attached hydrogens (tertiary/aromatic N) is 2. The van der Waals surface area contributed by atoms with Gasteiger partial charge in [-0.05, 0) is 31.3 Å². The van der Waals surface area contributed by atoms with Crippen LogP contribution in [0.4, 0.5) is 0 Å². The average molecular weight is 232 g/mol. The highest BCUT2D eigenvalue weighted by molar-refractivity contribution is 5.95. The van der Waals surface area contributed by atoms with Gasteiger partial charge in [0.2, 0.25) is 0 Å². The Labute approximate surface area is 102 Å². The zero-order chi connectivity index (χ0) is 11.8. The molecule has 4 heteroatoms. The number of amidine groups is 1. The lowest BCUT2D eigenvalue weighted by Gasteiger charge is -2.32. The Morgan fingerprint density at radius 3 is 3.00 bits per heavy atom. The van der Waals surface area contributed by atoms with Gasteiger partial charge in [0, 0.05) is 31.3 Å². The number of hydrogen-bond donors (Lipinski definition) is 2. The Kier molecular flexibility index (Phi) is 2.67. The maximum atomic E-state index is 4.36. The van der Waals surface area contributed by atoms with Gasteiger partial charge >= 0.3 is 0 Å². The van der Waals surface area contributed by atoms with E-state index in [0.717, 1.165) is 24.1 Å². The fourth-order valence-electron chi connectivity index (χ4n) is 2.78. The zero-order valence-corrected chi connectivity index (χ0v) is 10.5. The molecule has 0 aromatic carbocycles. The molecule has 17 heavy (non-hydrogen) atoms. The van der Waals surface area contributed by atoms with E-state index in [4.69, 9.17) is 0 Å². The molecular weight excluding hydrogens is 212 g/mol. The summed E-state index contributed by atoms with van der Waals surface area (Å²) >= 11 is 0. The molecule has 1 unspecified atom stereocenters. The molecule has 0 bridgehead atoms. The van der Waals surface area contributed by atoms with Crippen LogP contribution < -0.4 is 10.7 Å². The van der Waals surface area contributed by atoms with Gasteiger partial charge in [-0.25, -0.2) is 10.4 Å². The van der Waals surface area contributed by atoms with E-state index in [1.807, 2.05) is 12.1 Å². The molecule has 0 aromatic rings. The first-order valence-corrected chi connectivity index (χ1v) is 6.52. The highest BCUT2D eigenvalue weighted by Gasteiger charge is 2.35. The van der Waals surface area contributed by atoms with Crippen molar-refractivity contribution in [2.75, 3.05) is 13.6 Å². The van der Waals surface area contributed by atoms with Crippen molar-refractivity contribution < 1.29 is 0 Å². The lowest BCUT2D eigenvalue weighted by Crippen LogP contribution is -2.45. The summed E-state index contributed by atoms with van der Waals surface area (Å²) in [6.45, 7) is 3.16. The highest BCUT2D eigenvalue weighted by atomic mass is 15.6. The monoisotopic (exact) mass is 232 g/mol. The van der Waals surface area contributed by atoms with Gasteiger partial charge in [-0.15, -0.1) is 0 Å². The molecule has 0 spiro atoms. The third-order valence-electron chi connectivity index (χ3n) is 3.83. The Morgan fingerprint density at radius 1 is 1.53 bits per heavy atom. The van der Waals surface area contributed by atoms with Crippen molar-refractivity contribution in [3.05, 3.63) is 23.7 Å². The fraction of sp³-hybridized carbons (Fsp3) is 0.615. The SMILES string of the molecule is CCC(C1=CC(=NC)N2NCC=C2N1)C1CC1. The van der Waals surface area contributed by atoms with E-state index in [1.54, 1.807) is 0 Å². The van der Waals surface area contributed by atoms with E-state index in [9.17, 15) is 0 Å². The number of rotatable bonds is 3. The lowest BCUT2D eigenvalue weighted by molar-refractivity contribution is 0.386. The van der Waals surface area contributed by atoms with Crippen molar-refractivity contribution in [1.29, 1.82) is 0 Å². The Bertz CT molecular complexity index is 404. The second kappa shape index (κ2) is 4.18. The standard InChI is InChI=1S/C13H20N4/c1-3-10(9-4-5-9)11-8-13(14-2)17-12(16-11)6-7-15-17/h6,8-10,15-16H,3-5,7H2,1-2H3. The molecule has 0 saturated heterocycles. The van der Waals surface area contributed by atoms with Gasteiger partial charge in [0.05, 0.1) is 0 Å². The zero-order valence-electron chi connectivity index (χ0n) is 10.5. The molecule has 2 heterocycles. The predicted molar refractivity (Wildman–Crippen MR) is 69.0 cm³/mol. The van der Waals surface area contributed by atoms with E-state index in [-0.39, 0.29) is 0 Å². The molecule has 92 valence electrons. The molecule has 4 nitrogen and oxygen atoms in total. The second-order valence-corrected chi connectivity index (χ2v) is 4.95. The Morgan fingerprint density at radius 2 is 2.35 bits per heavy atom. The topological polar surface area (TPSA) is 39.7 Å². The van der Waals surface area contributed by atoms with Crippen molar-refractivity contribution in [2.24, 2.45) is 16.8 Å². The van der Waals surface area contributed by atoms with Crippen LogP contribution in [0.25, 0.3) is 0 Å². The summed E-state index contributed by atoms with van der Waals surface area (Å²) in [6.07, 6.45) is 8.36. The summed E-state index contributed by atoms with van der Waals surface area (Å²) in [6, 6.07) is 0. The number of allylic oxidation sites excluding steroid dienone is 1. The molecule has 1 atom stereocenters.